The number of nitrogens with zero attached hydrogens (tertiary/aromatic N) is 1. The molecule has 102 valence electrons. The molecule has 0 aromatic rings. The fraction of sp³-hybridized carbons (Fsp3) is 1.00. The summed E-state index contributed by atoms with van der Waals surface area (Å²) in [5, 5.41) is 2.90. The molecule has 1 N–H and O–H groups in total. The predicted molar refractivity (Wildman–Crippen MR) is 71.5 cm³/mol. The van der Waals surface area contributed by atoms with E-state index in [1.165, 1.54) is 19.3 Å². The molecule has 0 aromatic heterocycles. The maximum atomic E-state index is 12.0. The number of hydrogen-bond acceptors (Lipinski definition) is 3. The molecular formula is C12H26N2O2S. The smallest absolute Gasteiger partial charge is 0.215 e. The monoisotopic (exact) mass is 262 g/mol. The standard InChI is InChI=1S/C12H26N2O2S/c1-3-5-12-6-4-9-14(10-7-12)17(15,16)11-8-13-2/h12-13H,3-11H2,1-2H3. The van der Waals surface area contributed by atoms with E-state index >= 15 is 0 Å². The number of rotatable bonds is 6. The molecule has 0 aromatic carbocycles. The Balaban J connectivity index is 2.50. The number of sulfonamides is 1. The molecule has 1 fully saturated rings. The summed E-state index contributed by atoms with van der Waals surface area (Å²) >= 11 is 0. The summed E-state index contributed by atoms with van der Waals surface area (Å²) in [4.78, 5) is 0. The van der Waals surface area contributed by atoms with Crippen LogP contribution in [-0.4, -0.2) is 45.2 Å². The molecule has 5 heteroatoms. The molecule has 1 saturated heterocycles. The van der Waals surface area contributed by atoms with E-state index in [9.17, 15) is 8.42 Å². The SMILES string of the molecule is CCCC1CCCN(S(=O)(=O)CCNC)CC1. The molecule has 1 heterocycles. The van der Waals surface area contributed by atoms with Crippen molar-refractivity contribution in [3.8, 4) is 0 Å². The van der Waals surface area contributed by atoms with E-state index in [1.807, 2.05) is 0 Å². The first-order valence-corrected chi connectivity index (χ1v) is 8.33. The van der Waals surface area contributed by atoms with Gasteiger partial charge >= 0.3 is 0 Å². The van der Waals surface area contributed by atoms with E-state index in [-0.39, 0.29) is 5.75 Å². The Labute approximate surface area is 106 Å². The summed E-state index contributed by atoms with van der Waals surface area (Å²) in [5.41, 5.74) is 0. The number of hydrogen-bond donors (Lipinski definition) is 1. The van der Waals surface area contributed by atoms with Gasteiger partial charge in [0.15, 0.2) is 0 Å². The molecule has 0 spiro atoms. The van der Waals surface area contributed by atoms with Crippen molar-refractivity contribution in [2.75, 3.05) is 32.4 Å². The Morgan fingerprint density at radius 3 is 2.71 bits per heavy atom. The first kappa shape index (κ1) is 14.9. The molecule has 17 heavy (non-hydrogen) atoms. The molecule has 1 aliphatic rings. The summed E-state index contributed by atoms with van der Waals surface area (Å²) in [6.45, 7) is 4.17. The minimum Gasteiger partial charge on any atom is -0.319 e. The van der Waals surface area contributed by atoms with Crippen LogP contribution in [0.15, 0.2) is 0 Å². The average molecular weight is 262 g/mol. The quantitative estimate of drug-likeness (QED) is 0.788. The van der Waals surface area contributed by atoms with Crippen molar-refractivity contribution in [2.45, 2.75) is 39.0 Å². The van der Waals surface area contributed by atoms with Gasteiger partial charge in [-0.25, -0.2) is 12.7 Å². The van der Waals surface area contributed by atoms with Gasteiger partial charge in [-0.2, -0.15) is 0 Å². The molecule has 0 aliphatic carbocycles. The van der Waals surface area contributed by atoms with Crippen molar-refractivity contribution < 1.29 is 8.42 Å². The minimum atomic E-state index is -3.04. The van der Waals surface area contributed by atoms with Crippen LogP contribution in [0.3, 0.4) is 0 Å². The summed E-state index contributed by atoms with van der Waals surface area (Å²) in [5.74, 6) is 0.951. The molecular weight excluding hydrogens is 236 g/mol. The second-order valence-corrected chi connectivity index (χ2v) is 6.99. The first-order valence-electron chi connectivity index (χ1n) is 6.72. The van der Waals surface area contributed by atoms with E-state index < -0.39 is 10.0 Å². The highest BCUT2D eigenvalue weighted by atomic mass is 32.2. The lowest BCUT2D eigenvalue weighted by Gasteiger charge is -2.20. The lowest BCUT2D eigenvalue weighted by Crippen LogP contribution is -2.36. The Morgan fingerprint density at radius 1 is 1.29 bits per heavy atom. The summed E-state index contributed by atoms with van der Waals surface area (Å²) < 4.78 is 25.8. The van der Waals surface area contributed by atoms with Crippen molar-refractivity contribution >= 4 is 10.0 Å². The maximum absolute atomic E-state index is 12.0. The Hall–Kier alpha value is -0.130. The Morgan fingerprint density at radius 2 is 2.06 bits per heavy atom. The third kappa shape index (κ3) is 4.94. The summed E-state index contributed by atoms with van der Waals surface area (Å²) in [6, 6.07) is 0. The van der Waals surface area contributed by atoms with Crippen LogP contribution in [0, 0.1) is 5.92 Å². The normalized spacial score (nSPS) is 23.5. The topological polar surface area (TPSA) is 49.4 Å². The van der Waals surface area contributed by atoms with E-state index in [4.69, 9.17) is 0 Å². The van der Waals surface area contributed by atoms with Crippen molar-refractivity contribution in [1.82, 2.24) is 9.62 Å². The van der Waals surface area contributed by atoms with Crippen molar-refractivity contribution in [3.05, 3.63) is 0 Å². The maximum Gasteiger partial charge on any atom is 0.215 e. The van der Waals surface area contributed by atoms with Gasteiger partial charge in [0.05, 0.1) is 5.75 Å². The van der Waals surface area contributed by atoms with Gasteiger partial charge < -0.3 is 5.32 Å². The molecule has 1 aliphatic heterocycles. The molecule has 0 amide bonds. The van der Waals surface area contributed by atoms with Gasteiger partial charge in [0.25, 0.3) is 0 Å². The second-order valence-electron chi connectivity index (χ2n) is 4.90. The third-order valence-corrected chi connectivity index (χ3v) is 5.38. The van der Waals surface area contributed by atoms with Gasteiger partial charge in [0, 0.05) is 19.6 Å². The largest absolute Gasteiger partial charge is 0.319 e. The fourth-order valence-corrected chi connectivity index (χ4v) is 3.99. The second kappa shape index (κ2) is 7.34. The van der Waals surface area contributed by atoms with Crippen LogP contribution in [0.4, 0.5) is 0 Å². The van der Waals surface area contributed by atoms with Gasteiger partial charge in [0.2, 0.25) is 10.0 Å². The lowest BCUT2D eigenvalue weighted by molar-refractivity contribution is 0.399. The molecule has 1 rings (SSSR count). The molecule has 4 nitrogen and oxygen atoms in total. The summed E-state index contributed by atoms with van der Waals surface area (Å²) in [7, 11) is -1.25. The van der Waals surface area contributed by atoms with Crippen LogP contribution in [-0.2, 0) is 10.0 Å². The molecule has 0 bridgehead atoms. The molecule has 0 radical (unpaired) electrons. The van der Waals surface area contributed by atoms with E-state index in [2.05, 4.69) is 12.2 Å². The summed E-state index contributed by atoms with van der Waals surface area (Å²) in [6.07, 6.45) is 5.68. The van der Waals surface area contributed by atoms with Crippen molar-refractivity contribution in [3.63, 3.8) is 0 Å². The molecule has 0 saturated carbocycles. The first-order chi connectivity index (χ1) is 8.10. The molecule has 1 unspecified atom stereocenters. The highest BCUT2D eigenvalue weighted by Crippen LogP contribution is 2.23. The zero-order valence-electron chi connectivity index (χ0n) is 11.1. The van der Waals surface area contributed by atoms with E-state index in [1.54, 1.807) is 11.4 Å². The van der Waals surface area contributed by atoms with Gasteiger partial charge in [0.1, 0.15) is 0 Å². The van der Waals surface area contributed by atoms with Crippen LogP contribution >= 0.6 is 0 Å². The van der Waals surface area contributed by atoms with E-state index in [0.717, 1.165) is 25.3 Å². The fourth-order valence-electron chi connectivity index (χ4n) is 2.47. The van der Waals surface area contributed by atoms with Crippen LogP contribution < -0.4 is 5.32 Å². The van der Waals surface area contributed by atoms with Crippen LogP contribution in [0.5, 0.6) is 0 Å². The van der Waals surface area contributed by atoms with Crippen LogP contribution in [0.25, 0.3) is 0 Å². The van der Waals surface area contributed by atoms with Gasteiger partial charge in [-0.05, 0) is 32.2 Å². The highest BCUT2D eigenvalue weighted by molar-refractivity contribution is 7.89. The van der Waals surface area contributed by atoms with Crippen molar-refractivity contribution in [1.29, 1.82) is 0 Å². The minimum absolute atomic E-state index is 0.224. The predicted octanol–water partition coefficient (Wildman–Crippen LogP) is 1.44. The van der Waals surface area contributed by atoms with Gasteiger partial charge in [-0.1, -0.05) is 19.8 Å². The van der Waals surface area contributed by atoms with Gasteiger partial charge in [-0.3, -0.25) is 0 Å². The lowest BCUT2D eigenvalue weighted by atomic mass is 9.96. The Bertz CT molecular complexity index is 304. The van der Waals surface area contributed by atoms with E-state index in [0.29, 0.717) is 13.1 Å². The zero-order valence-corrected chi connectivity index (χ0v) is 11.9. The van der Waals surface area contributed by atoms with Crippen LogP contribution in [0.2, 0.25) is 0 Å². The average Bonchev–Trinajstić information content (AvgIpc) is 2.53. The van der Waals surface area contributed by atoms with Crippen molar-refractivity contribution in [2.24, 2.45) is 5.92 Å². The van der Waals surface area contributed by atoms with Crippen LogP contribution in [0.1, 0.15) is 39.0 Å². The van der Waals surface area contributed by atoms with Gasteiger partial charge in [-0.15, -0.1) is 0 Å². The third-order valence-electron chi connectivity index (χ3n) is 3.51. The molecule has 1 atom stereocenters. The zero-order chi connectivity index (χ0) is 12.7. The Kier molecular flexibility index (Phi) is 6.44. The highest BCUT2D eigenvalue weighted by Gasteiger charge is 2.25. The number of nitrogens with one attached hydrogen (secondary N) is 1.